The summed E-state index contributed by atoms with van der Waals surface area (Å²) in [6.07, 6.45) is -1.31. The Hall–Kier alpha value is -3.45. The number of nitrogens with zero attached hydrogens (tertiary/aromatic N) is 6. The van der Waals surface area contributed by atoms with Crippen molar-refractivity contribution in [3.05, 3.63) is 41.7 Å². The Bertz CT molecular complexity index is 1260. The molecule has 204 valence electrons. The molecule has 2 N–H and O–H groups in total. The first-order valence-corrected chi connectivity index (χ1v) is 12.8. The molecule has 0 unspecified atom stereocenters. The van der Waals surface area contributed by atoms with E-state index in [1.54, 1.807) is 12.4 Å². The van der Waals surface area contributed by atoms with Gasteiger partial charge in [-0.1, -0.05) is 12.1 Å². The quantitative estimate of drug-likeness (QED) is 0.411. The van der Waals surface area contributed by atoms with Crippen LogP contribution in [0.25, 0.3) is 11.2 Å². The molecule has 1 amide bonds. The molecule has 4 heterocycles. The first-order valence-electron chi connectivity index (χ1n) is 12.8. The molecule has 2 fully saturated rings. The van der Waals surface area contributed by atoms with E-state index < -0.39 is 11.7 Å². The molecule has 13 heteroatoms. The van der Waals surface area contributed by atoms with Gasteiger partial charge in [-0.15, -0.1) is 0 Å². The molecule has 10 nitrogen and oxygen atoms in total. The summed E-state index contributed by atoms with van der Waals surface area (Å²) in [7, 11) is 0. The number of ether oxygens (including phenoxy) is 1. The molecule has 0 spiro atoms. The van der Waals surface area contributed by atoms with Gasteiger partial charge in [0.25, 0.3) is 0 Å². The van der Waals surface area contributed by atoms with Crippen LogP contribution in [0.15, 0.2) is 30.6 Å². The predicted octanol–water partition coefficient (Wildman–Crippen LogP) is 2.82. The number of aromatic nitrogens is 4. The van der Waals surface area contributed by atoms with E-state index in [0.29, 0.717) is 67.8 Å². The lowest BCUT2D eigenvalue weighted by Crippen LogP contribution is -2.39. The number of hydrogen-bond acceptors (Lipinski definition) is 8. The number of anilines is 2. The van der Waals surface area contributed by atoms with E-state index in [2.05, 4.69) is 30.5 Å². The van der Waals surface area contributed by atoms with Crippen molar-refractivity contribution in [3.8, 4) is 0 Å². The first-order chi connectivity index (χ1) is 18.4. The average molecular weight is 533 g/mol. The highest BCUT2D eigenvalue weighted by Gasteiger charge is 2.30. The van der Waals surface area contributed by atoms with Gasteiger partial charge in [0.1, 0.15) is 0 Å². The molecule has 0 aliphatic carbocycles. The molecule has 0 bridgehead atoms. The van der Waals surface area contributed by atoms with Crippen LogP contribution in [0.4, 0.5) is 24.9 Å². The van der Waals surface area contributed by atoms with Crippen LogP contribution in [-0.2, 0) is 28.8 Å². The normalized spacial score (nSPS) is 16.9. The van der Waals surface area contributed by atoms with Crippen LogP contribution in [0.3, 0.4) is 0 Å². The van der Waals surface area contributed by atoms with Gasteiger partial charge in [-0.2, -0.15) is 23.1 Å². The number of amides is 1. The van der Waals surface area contributed by atoms with Crippen molar-refractivity contribution in [2.24, 2.45) is 0 Å². The summed E-state index contributed by atoms with van der Waals surface area (Å²) in [6.45, 7) is 6.55. The second kappa shape index (κ2) is 11.5. The number of halogens is 3. The van der Waals surface area contributed by atoms with E-state index in [9.17, 15) is 18.0 Å². The van der Waals surface area contributed by atoms with Crippen molar-refractivity contribution in [3.63, 3.8) is 0 Å². The summed E-state index contributed by atoms with van der Waals surface area (Å²) in [5, 5.41) is 6.43. The second-order valence-electron chi connectivity index (χ2n) is 9.42. The SMILES string of the molecule is O=C1CCCN1CCn1cnc2c(NCc3cccc(C(F)(F)F)c3)nc(NCCN3CCOCC3)nc21. The Labute approximate surface area is 218 Å². The number of imidazole rings is 1. The summed E-state index contributed by atoms with van der Waals surface area (Å²) in [6, 6.07) is 5.20. The minimum atomic E-state index is -4.41. The topological polar surface area (TPSA) is 100 Å². The van der Waals surface area contributed by atoms with Gasteiger partial charge in [-0.25, -0.2) is 4.98 Å². The lowest BCUT2D eigenvalue weighted by molar-refractivity contribution is -0.137. The highest BCUT2D eigenvalue weighted by molar-refractivity contribution is 5.84. The average Bonchev–Trinajstić information content (AvgIpc) is 3.52. The van der Waals surface area contributed by atoms with Gasteiger partial charge >= 0.3 is 6.18 Å². The van der Waals surface area contributed by atoms with Crippen LogP contribution in [0.1, 0.15) is 24.0 Å². The summed E-state index contributed by atoms with van der Waals surface area (Å²) < 4.78 is 46.8. The Kier molecular flexibility index (Phi) is 7.93. The lowest BCUT2D eigenvalue weighted by atomic mass is 10.1. The van der Waals surface area contributed by atoms with Gasteiger partial charge in [0.15, 0.2) is 17.0 Å². The fourth-order valence-electron chi connectivity index (χ4n) is 4.67. The molecule has 38 heavy (non-hydrogen) atoms. The Morgan fingerprint density at radius 2 is 1.87 bits per heavy atom. The van der Waals surface area contributed by atoms with Crippen LogP contribution in [0, 0.1) is 0 Å². The molecular formula is C25H31F3N8O2. The van der Waals surface area contributed by atoms with Crippen LogP contribution >= 0.6 is 0 Å². The molecule has 5 rings (SSSR count). The van der Waals surface area contributed by atoms with Crippen molar-refractivity contribution in [2.45, 2.75) is 32.1 Å². The Morgan fingerprint density at radius 3 is 2.63 bits per heavy atom. The Balaban J connectivity index is 1.34. The zero-order valence-electron chi connectivity index (χ0n) is 21.0. The van der Waals surface area contributed by atoms with Crippen LogP contribution in [0.2, 0.25) is 0 Å². The molecule has 0 saturated carbocycles. The van der Waals surface area contributed by atoms with E-state index in [-0.39, 0.29) is 12.5 Å². The first kappa shape index (κ1) is 26.2. The fourth-order valence-corrected chi connectivity index (χ4v) is 4.67. The van der Waals surface area contributed by atoms with Crippen molar-refractivity contribution in [1.82, 2.24) is 29.3 Å². The highest BCUT2D eigenvalue weighted by Crippen LogP contribution is 2.30. The zero-order valence-corrected chi connectivity index (χ0v) is 21.0. The monoisotopic (exact) mass is 532 g/mol. The molecule has 0 radical (unpaired) electrons. The second-order valence-corrected chi connectivity index (χ2v) is 9.42. The van der Waals surface area contributed by atoms with Gasteiger partial charge in [0.2, 0.25) is 11.9 Å². The van der Waals surface area contributed by atoms with Gasteiger partial charge in [-0.3, -0.25) is 9.69 Å². The minimum Gasteiger partial charge on any atom is -0.379 e. The molecule has 2 aliphatic heterocycles. The highest BCUT2D eigenvalue weighted by atomic mass is 19.4. The third kappa shape index (κ3) is 6.33. The van der Waals surface area contributed by atoms with Gasteiger partial charge in [0.05, 0.1) is 25.1 Å². The van der Waals surface area contributed by atoms with Crippen molar-refractivity contribution in [2.75, 3.05) is 63.1 Å². The maximum absolute atomic E-state index is 13.2. The number of nitrogens with one attached hydrogen (secondary N) is 2. The van der Waals surface area contributed by atoms with E-state index in [4.69, 9.17) is 4.74 Å². The van der Waals surface area contributed by atoms with Crippen LogP contribution in [0.5, 0.6) is 0 Å². The molecule has 3 aromatic rings. The number of carbonyl (C=O) groups excluding carboxylic acids is 1. The molecule has 1 aromatic carbocycles. The summed E-state index contributed by atoms with van der Waals surface area (Å²) in [5.74, 6) is 0.978. The van der Waals surface area contributed by atoms with Crippen molar-refractivity contribution >= 4 is 28.8 Å². The van der Waals surface area contributed by atoms with E-state index in [1.807, 2.05) is 9.47 Å². The number of morpholine rings is 1. The Morgan fingerprint density at radius 1 is 1.03 bits per heavy atom. The van der Waals surface area contributed by atoms with Crippen molar-refractivity contribution < 1.29 is 22.7 Å². The zero-order chi connectivity index (χ0) is 26.5. The van der Waals surface area contributed by atoms with Crippen LogP contribution < -0.4 is 10.6 Å². The van der Waals surface area contributed by atoms with E-state index in [1.165, 1.54) is 6.07 Å². The number of benzene rings is 1. The third-order valence-electron chi connectivity index (χ3n) is 6.78. The molecule has 2 aliphatic rings. The van der Waals surface area contributed by atoms with Crippen LogP contribution in [-0.4, -0.2) is 87.7 Å². The summed E-state index contributed by atoms with van der Waals surface area (Å²) >= 11 is 0. The van der Waals surface area contributed by atoms with Gasteiger partial charge in [0, 0.05) is 58.8 Å². The summed E-state index contributed by atoms with van der Waals surface area (Å²) in [5.41, 5.74) is 0.881. The number of hydrogen-bond donors (Lipinski definition) is 2. The fraction of sp³-hybridized carbons (Fsp3) is 0.520. The maximum Gasteiger partial charge on any atom is 0.416 e. The molecule has 0 atom stereocenters. The minimum absolute atomic E-state index is 0.137. The molecule has 2 saturated heterocycles. The summed E-state index contributed by atoms with van der Waals surface area (Å²) in [4.78, 5) is 29.9. The smallest absolute Gasteiger partial charge is 0.379 e. The van der Waals surface area contributed by atoms with Gasteiger partial charge < -0.3 is 24.8 Å². The number of fused-ring (bicyclic) bond motifs is 1. The predicted molar refractivity (Wildman–Crippen MR) is 136 cm³/mol. The number of carbonyl (C=O) groups is 1. The number of likely N-dealkylation sites (tertiary alicyclic amines) is 1. The van der Waals surface area contributed by atoms with E-state index >= 15 is 0 Å². The van der Waals surface area contributed by atoms with Crippen molar-refractivity contribution in [1.29, 1.82) is 0 Å². The molecule has 2 aromatic heterocycles. The number of alkyl halides is 3. The largest absolute Gasteiger partial charge is 0.416 e. The number of rotatable bonds is 10. The third-order valence-corrected chi connectivity index (χ3v) is 6.78. The maximum atomic E-state index is 13.2. The van der Waals surface area contributed by atoms with E-state index in [0.717, 1.165) is 44.7 Å². The lowest BCUT2D eigenvalue weighted by Gasteiger charge is -2.26. The van der Waals surface area contributed by atoms with Gasteiger partial charge in [-0.05, 0) is 24.1 Å². The standard InChI is InChI=1S/C25H31F3N8O2/c26-25(27,28)19-4-1-3-18(15-19)16-30-22-21-23(36(17-31-21)10-9-35-7-2-5-20(35)37)33-24(32-22)29-6-8-34-11-13-38-14-12-34/h1,3-4,15,17H,2,5-14,16H2,(H2,29,30,32,33). The molecular weight excluding hydrogens is 501 g/mol.